The Balaban J connectivity index is 1.59. The van der Waals surface area contributed by atoms with E-state index >= 15 is 0 Å². The number of nitrogens with zero attached hydrogens (tertiary/aromatic N) is 4. The second kappa shape index (κ2) is 8.29. The number of nitro groups is 1. The maximum absolute atomic E-state index is 12.9. The fourth-order valence-corrected chi connectivity index (χ4v) is 4.82. The zero-order chi connectivity index (χ0) is 21.2. The van der Waals surface area contributed by atoms with E-state index in [0.29, 0.717) is 43.6 Å². The number of rotatable bonds is 6. The molecule has 0 atom stereocenters. The van der Waals surface area contributed by atoms with Crippen molar-refractivity contribution in [3.05, 3.63) is 51.8 Å². The number of nitro benzene ring substituents is 1. The molecule has 11 heteroatoms. The Hall–Kier alpha value is -2.79. The lowest BCUT2D eigenvalue weighted by Gasteiger charge is -2.31. The van der Waals surface area contributed by atoms with E-state index in [9.17, 15) is 23.3 Å². The maximum Gasteiger partial charge on any atom is 0.273 e. The summed E-state index contributed by atoms with van der Waals surface area (Å²) in [5, 5.41) is 17.9. The number of nitrogens with one attached hydrogen (secondary N) is 1. The van der Waals surface area contributed by atoms with Crippen molar-refractivity contribution in [2.24, 2.45) is 13.0 Å². The van der Waals surface area contributed by atoms with Gasteiger partial charge in [-0.2, -0.15) is 9.40 Å². The normalized spacial score (nSPS) is 15.9. The molecule has 1 fully saturated rings. The number of aryl methyl sites for hydroxylation is 2. The van der Waals surface area contributed by atoms with Crippen LogP contribution in [0.4, 0.5) is 5.69 Å². The number of carbonyl (C=O) groups is 1. The minimum Gasteiger partial charge on any atom is -0.352 e. The van der Waals surface area contributed by atoms with Crippen LogP contribution in [0.15, 0.2) is 35.5 Å². The van der Waals surface area contributed by atoms with Crippen molar-refractivity contribution in [1.29, 1.82) is 0 Å². The summed E-state index contributed by atoms with van der Waals surface area (Å²) in [6.07, 6.45) is 4.32. The Labute approximate surface area is 168 Å². The Morgan fingerprint density at radius 3 is 2.62 bits per heavy atom. The Morgan fingerprint density at radius 2 is 2.03 bits per heavy atom. The van der Waals surface area contributed by atoms with Gasteiger partial charge in [0.05, 0.1) is 21.6 Å². The molecule has 1 aliphatic heterocycles. The molecule has 10 nitrogen and oxygen atoms in total. The standard InChI is InChI=1S/C18H23N5O5S/c1-13-3-4-16(9-17(13)23(25)26)29(27,28)22-7-5-14(6-8-22)10-19-18(24)15-11-20-21(2)12-15/h3-4,9,11-12,14H,5-8,10H2,1-2H3,(H,19,24). The van der Waals surface area contributed by atoms with Crippen LogP contribution >= 0.6 is 0 Å². The Bertz CT molecular complexity index is 1030. The molecule has 2 aromatic rings. The van der Waals surface area contributed by atoms with Gasteiger partial charge in [-0.25, -0.2) is 8.42 Å². The summed E-state index contributed by atoms with van der Waals surface area (Å²) >= 11 is 0. The lowest BCUT2D eigenvalue weighted by Crippen LogP contribution is -2.41. The van der Waals surface area contributed by atoms with E-state index in [0.717, 1.165) is 6.07 Å². The zero-order valence-electron chi connectivity index (χ0n) is 16.2. The highest BCUT2D eigenvalue weighted by Gasteiger charge is 2.31. The molecular weight excluding hydrogens is 398 g/mol. The van der Waals surface area contributed by atoms with Gasteiger partial charge in [0, 0.05) is 44.5 Å². The van der Waals surface area contributed by atoms with Gasteiger partial charge in [0.25, 0.3) is 11.6 Å². The van der Waals surface area contributed by atoms with Crippen molar-refractivity contribution in [2.75, 3.05) is 19.6 Å². The first-order valence-corrected chi connectivity index (χ1v) is 10.6. The first kappa shape index (κ1) is 20.9. The molecule has 156 valence electrons. The van der Waals surface area contributed by atoms with E-state index in [-0.39, 0.29) is 22.4 Å². The molecule has 1 aromatic heterocycles. The van der Waals surface area contributed by atoms with Crippen molar-refractivity contribution in [2.45, 2.75) is 24.7 Å². The quantitative estimate of drug-likeness (QED) is 0.556. The Morgan fingerprint density at radius 1 is 1.34 bits per heavy atom. The topological polar surface area (TPSA) is 127 Å². The molecule has 1 saturated heterocycles. The van der Waals surface area contributed by atoms with Crippen molar-refractivity contribution in [3.8, 4) is 0 Å². The number of piperidine rings is 1. The molecule has 0 saturated carbocycles. The molecule has 0 aliphatic carbocycles. The first-order chi connectivity index (χ1) is 13.7. The Kier molecular flexibility index (Phi) is 5.99. The molecule has 0 bridgehead atoms. The summed E-state index contributed by atoms with van der Waals surface area (Å²) < 4.78 is 28.6. The van der Waals surface area contributed by atoms with Crippen molar-refractivity contribution in [1.82, 2.24) is 19.4 Å². The highest BCUT2D eigenvalue weighted by molar-refractivity contribution is 7.89. The predicted molar refractivity (Wildman–Crippen MR) is 105 cm³/mol. The first-order valence-electron chi connectivity index (χ1n) is 9.20. The van der Waals surface area contributed by atoms with E-state index in [1.807, 2.05) is 0 Å². The fraction of sp³-hybridized carbons (Fsp3) is 0.444. The molecular formula is C18H23N5O5S. The van der Waals surface area contributed by atoms with Crippen LogP contribution in [0.2, 0.25) is 0 Å². The fourth-order valence-electron chi connectivity index (χ4n) is 3.33. The van der Waals surface area contributed by atoms with Crippen molar-refractivity contribution < 1.29 is 18.1 Å². The van der Waals surface area contributed by atoms with Gasteiger partial charge in [-0.3, -0.25) is 19.6 Å². The number of hydrogen-bond acceptors (Lipinski definition) is 6. The van der Waals surface area contributed by atoms with Crippen molar-refractivity contribution >= 4 is 21.6 Å². The second-order valence-electron chi connectivity index (χ2n) is 7.17. The number of aromatic nitrogens is 2. The molecule has 29 heavy (non-hydrogen) atoms. The van der Waals surface area contributed by atoms with Crippen molar-refractivity contribution in [3.63, 3.8) is 0 Å². The monoisotopic (exact) mass is 421 g/mol. The van der Waals surface area contributed by atoms with Gasteiger partial charge in [-0.1, -0.05) is 6.07 Å². The number of hydrogen-bond donors (Lipinski definition) is 1. The molecule has 3 rings (SSSR count). The average molecular weight is 421 g/mol. The van der Waals surface area contributed by atoms with Gasteiger partial charge in [0.15, 0.2) is 0 Å². The lowest BCUT2D eigenvalue weighted by molar-refractivity contribution is -0.385. The van der Waals surface area contributed by atoms with Crippen LogP contribution in [-0.2, 0) is 17.1 Å². The van der Waals surface area contributed by atoms with E-state index < -0.39 is 14.9 Å². The smallest absolute Gasteiger partial charge is 0.273 e. The molecule has 1 aromatic carbocycles. The van der Waals surface area contributed by atoms with E-state index in [1.165, 1.54) is 22.6 Å². The zero-order valence-corrected chi connectivity index (χ0v) is 17.1. The van der Waals surface area contributed by atoms with E-state index in [2.05, 4.69) is 10.4 Å². The third-order valence-electron chi connectivity index (χ3n) is 5.11. The number of sulfonamides is 1. The summed E-state index contributed by atoms with van der Waals surface area (Å²) in [6, 6.07) is 3.97. The van der Waals surface area contributed by atoms with Gasteiger partial charge < -0.3 is 5.32 Å². The highest BCUT2D eigenvalue weighted by atomic mass is 32.2. The van der Waals surface area contributed by atoms with Gasteiger partial charge in [0.2, 0.25) is 10.0 Å². The molecule has 1 aliphatic rings. The highest BCUT2D eigenvalue weighted by Crippen LogP contribution is 2.27. The van der Waals surface area contributed by atoms with Gasteiger partial charge in [-0.05, 0) is 31.7 Å². The second-order valence-corrected chi connectivity index (χ2v) is 9.10. The predicted octanol–water partition coefficient (Wildman–Crippen LogP) is 1.47. The summed E-state index contributed by atoms with van der Waals surface area (Å²) in [7, 11) is -2.07. The SMILES string of the molecule is Cc1ccc(S(=O)(=O)N2CCC(CNC(=O)c3cnn(C)c3)CC2)cc1[N+](=O)[O-]. The third kappa shape index (κ3) is 4.62. The van der Waals surface area contributed by atoms with E-state index in [4.69, 9.17) is 0 Å². The van der Waals surface area contributed by atoms with Gasteiger partial charge >= 0.3 is 0 Å². The molecule has 2 heterocycles. The molecule has 1 N–H and O–H groups in total. The number of benzene rings is 1. The van der Waals surface area contributed by atoms with Crippen LogP contribution in [0, 0.1) is 23.0 Å². The summed E-state index contributed by atoms with van der Waals surface area (Å²) in [5.74, 6) is -0.0467. The maximum atomic E-state index is 12.9. The van der Waals surface area contributed by atoms with Crippen LogP contribution in [0.5, 0.6) is 0 Å². The summed E-state index contributed by atoms with van der Waals surface area (Å²) in [5.41, 5.74) is 0.685. The van der Waals surface area contributed by atoms with Gasteiger partial charge in [0.1, 0.15) is 0 Å². The summed E-state index contributed by atoms with van der Waals surface area (Å²) in [4.78, 5) is 22.6. The largest absolute Gasteiger partial charge is 0.352 e. The summed E-state index contributed by atoms with van der Waals surface area (Å²) in [6.45, 7) is 2.63. The van der Waals surface area contributed by atoms with Gasteiger partial charge in [-0.15, -0.1) is 0 Å². The van der Waals surface area contributed by atoms with Crippen LogP contribution < -0.4 is 5.32 Å². The van der Waals surface area contributed by atoms with Crippen LogP contribution in [-0.4, -0.2) is 53.0 Å². The minimum atomic E-state index is -3.80. The third-order valence-corrected chi connectivity index (χ3v) is 7.00. The molecule has 1 amide bonds. The average Bonchev–Trinajstić information content (AvgIpc) is 3.13. The number of amides is 1. The van der Waals surface area contributed by atoms with Crippen LogP contribution in [0.1, 0.15) is 28.8 Å². The van der Waals surface area contributed by atoms with Crippen LogP contribution in [0.3, 0.4) is 0 Å². The van der Waals surface area contributed by atoms with E-state index in [1.54, 1.807) is 24.9 Å². The molecule has 0 spiro atoms. The molecule has 0 unspecified atom stereocenters. The molecule has 0 radical (unpaired) electrons. The van der Waals surface area contributed by atoms with Crippen LogP contribution in [0.25, 0.3) is 0 Å². The lowest BCUT2D eigenvalue weighted by atomic mass is 9.98. The minimum absolute atomic E-state index is 0.0712. The number of carbonyl (C=O) groups excluding carboxylic acids is 1.